The van der Waals surface area contributed by atoms with Crippen LogP contribution in [0.3, 0.4) is 0 Å². The highest BCUT2D eigenvalue weighted by molar-refractivity contribution is 5.95. The fourth-order valence-electron chi connectivity index (χ4n) is 3.91. The SMILES string of the molecule is COc1ccc2cc(CN(C)CCC(=O)N3CCc4ccccc43)ccc2c1. The molecule has 4 nitrogen and oxygen atoms in total. The summed E-state index contributed by atoms with van der Waals surface area (Å²) in [5, 5.41) is 2.38. The van der Waals surface area contributed by atoms with Crippen LogP contribution < -0.4 is 9.64 Å². The zero-order valence-electron chi connectivity index (χ0n) is 16.5. The highest BCUT2D eigenvalue weighted by Crippen LogP contribution is 2.28. The number of methoxy groups -OCH3 is 1. The molecule has 144 valence electrons. The standard InChI is InChI=1S/C24H26N2O2/c1-25(13-12-24(27)26-14-11-19-5-3-4-6-23(19)26)17-18-7-8-21-16-22(28-2)10-9-20(21)15-18/h3-10,15-16H,11-14,17H2,1-2H3. The first kappa shape index (κ1) is 18.5. The second kappa shape index (κ2) is 8.03. The number of carbonyl (C=O) groups is 1. The normalized spacial score (nSPS) is 13.2. The number of ether oxygens (including phenoxy) is 1. The third-order valence-corrected chi connectivity index (χ3v) is 5.46. The Morgan fingerprint density at radius 2 is 1.86 bits per heavy atom. The quantitative estimate of drug-likeness (QED) is 0.646. The summed E-state index contributed by atoms with van der Waals surface area (Å²) in [6.07, 6.45) is 1.50. The third kappa shape index (κ3) is 3.87. The molecule has 1 amide bonds. The van der Waals surface area contributed by atoms with Crippen LogP contribution in [0.4, 0.5) is 5.69 Å². The summed E-state index contributed by atoms with van der Waals surface area (Å²) in [6, 6.07) is 20.8. The molecule has 28 heavy (non-hydrogen) atoms. The Morgan fingerprint density at radius 3 is 2.71 bits per heavy atom. The maximum absolute atomic E-state index is 12.7. The largest absolute Gasteiger partial charge is 0.497 e. The van der Waals surface area contributed by atoms with E-state index in [0.717, 1.165) is 37.5 Å². The summed E-state index contributed by atoms with van der Waals surface area (Å²) in [7, 11) is 3.76. The van der Waals surface area contributed by atoms with E-state index in [1.165, 1.54) is 21.9 Å². The number of hydrogen-bond acceptors (Lipinski definition) is 3. The lowest BCUT2D eigenvalue weighted by molar-refractivity contribution is -0.118. The zero-order chi connectivity index (χ0) is 19.5. The Bertz CT molecular complexity index is 999. The fourth-order valence-corrected chi connectivity index (χ4v) is 3.91. The summed E-state index contributed by atoms with van der Waals surface area (Å²) < 4.78 is 5.29. The molecule has 0 aliphatic carbocycles. The topological polar surface area (TPSA) is 32.8 Å². The first-order valence-corrected chi connectivity index (χ1v) is 9.77. The Labute approximate surface area is 166 Å². The number of nitrogens with zero attached hydrogens (tertiary/aromatic N) is 2. The molecule has 1 heterocycles. The maximum Gasteiger partial charge on any atom is 0.228 e. The summed E-state index contributed by atoms with van der Waals surface area (Å²) in [5.41, 5.74) is 3.61. The van der Waals surface area contributed by atoms with Crippen LogP contribution in [0.5, 0.6) is 5.75 Å². The van der Waals surface area contributed by atoms with Gasteiger partial charge in [-0.2, -0.15) is 0 Å². The lowest BCUT2D eigenvalue weighted by atomic mass is 10.1. The summed E-state index contributed by atoms with van der Waals surface area (Å²) >= 11 is 0. The first-order chi connectivity index (χ1) is 13.6. The van der Waals surface area contributed by atoms with Gasteiger partial charge >= 0.3 is 0 Å². The molecular weight excluding hydrogens is 348 g/mol. The van der Waals surface area contributed by atoms with Crippen molar-refractivity contribution in [3.05, 3.63) is 71.8 Å². The maximum atomic E-state index is 12.7. The molecule has 0 saturated heterocycles. The van der Waals surface area contributed by atoms with Gasteiger partial charge in [0.1, 0.15) is 5.75 Å². The zero-order valence-corrected chi connectivity index (χ0v) is 16.5. The Kier molecular flexibility index (Phi) is 5.31. The second-order valence-corrected chi connectivity index (χ2v) is 7.46. The molecule has 0 radical (unpaired) electrons. The van der Waals surface area contributed by atoms with E-state index in [-0.39, 0.29) is 5.91 Å². The minimum absolute atomic E-state index is 0.211. The lowest BCUT2D eigenvalue weighted by Gasteiger charge is -2.21. The van der Waals surface area contributed by atoms with Crippen LogP contribution in [0, 0.1) is 0 Å². The molecule has 0 bridgehead atoms. The first-order valence-electron chi connectivity index (χ1n) is 9.77. The van der Waals surface area contributed by atoms with E-state index in [9.17, 15) is 4.79 Å². The van der Waals surface area contributed by atoms with Crippen molar-refractivity contribution < 1.29 is 9.53 Å². The number of para-hydroxylation sites is 1. The summed E-state index contributed by atoms with van der Waals surface area (Å²) in [5.74, 6) is 1.08. The number of amides is 1. The minimum atomic E-state index is 0.211. The molecule has 3 aromatic carbocycles. The van der Waals surface area contributed by atoms with Crippen molar-refractivity contribution in [1.29, 1.82) is 0 Å². The predicted molar refractivity (Wildman–Crippen MR) is 114 cm³/mol. The number of hydrogen-bond donors (Lipinski definition) is 0. The third-order valence-electron chi connectivity index (χ3n) is 5.46. The molecule has 0 spiro atoms. The molecule has 1 aliphatic heterocycles. The van der Waals surface area contributed by atoms with Gasteiger partial charge in [0.15, 0.2) is 0 Å². The summed E-state index contributed by atoms with van der Waals surface area (Å²) in [6.45, 7) is 2.38. The van der Waals surface area contributed by atoms with Gasteiger partial charge < -0.3 is 14.5 Å². The molecule has 0 atom stereocenters. The van der Waals surface area contributed by atoms with Crippen LogP contribution in [0.1, 0.15) is 17.5 Å². The Balaban J connectivity index is 1.35. The molecule has 4 rings (SSSR count). The van der Waals surface area contributed by atoms with E-state index in [1.54, 1.807) is 7.11 Å². The Morgan fingerprint density at radius 1 is 1.07 bits per heavy atom. The minimum Gasteiger partial charge on any atom is -0.497 e. The van der Waals surface area contributed by atoms with Crippen LogP contribution in [-0.4, -0.2) is 38.1 Å². The molecule has 4 heteroatoms. The molecule has 0 N–H and O–H groups in total. The number of fused-ring (bicyclic) bond motifs is 2. The van der Waals surface area contributed by atoms with Crippen molar-refractivity contribution in [2.45, 2.75) is 19.4 Å². The monoisotopic (exact) mass is 374 g/mol. The van der Waals surface area contributed by atoms with Crippen LogP contribution in [0.25, 0.3) is 10.8 Å². The lowest BCUT2D eigenvalue weighted by Crippen LogP contribution is -2.32. The summed E-state index contributed by atoms with van der Waals surface area (Å²) in [4.78, 5) is 16.8. The van der Waals surface area contributed by atoms with Crippen molar-refractivity contribution in [2.24, 2.45) is 0 Å². The van der Waals surface area contributed by atoms with Gasteiger partial charge in [-0.1, -0.05) is 36.4 Å². The van der Waals surface area contributed by atoms with E-state index in [1.807, 2.05) is 29.2 Å². The van der Waals surface area contributed by atoms with Crippen molar-refractivity contribution in [3.63, 3.8) is 0 Å². The molecule has 0 aromatic heterocycles. The second-order valence-electron chi connectivity index (χ2n) is 7.46. The van der Waals surface area contributed by atoms with Gasteiger partial charge in [-0.3, -0.25) is 4.79 Å². The average Bonchev–Trinajstić information content (AvgIpc) is 3.16. The number of rotatable bonds is 6. The highest BCUT2D eigenvalue weighted by atomic mass is 16.5. The van der Waals surface area contributed by atoms with Crippen LogP contribution in [0.15, 0.2) is 60.7 Å². The number of anilines is 1. The molecular formula is C24H26N2O2. The predicted octanol–water partition coefficient (Wildman–Crippen LogP) is 4.26. The molecule has 1 aliphatic rings. The van der Waals surface area contributed by atoms with Gasteiger partial charge in [-0.25, -0.2) is 0 Å². The van der Waals surface area contributed by atoms with E-state index in [2.05, 4.69) is 48.3 Å². The smallest absolute Gasteiger partial charge is 0.228 e. The van der Waals surface area contributed by atoms with Crippen LogP contribution in [0.2, 0.25) is 0 Å². The van der Waals surface area contributed by atoms with E-state index in [4.69, 9.17) is 4.74 Å². The number of benzene rings is 3. The van der Waals surface area contributed by atoms with Crippen molar-refractivity contribution in [3.8, 4) is 5.75 Å². The van der Waals surface area contributed by atoms with Crippen LogP contribution in [-0.2, 0) is 17.8 Å². The highest BCUT2D eigenvalue weighted by Gasteiger charge is 2.23. The molecule has 0 fully saturated rings. The van der Waals surface area contributed by atoms with Crippen LogP contribution >= 0.6 is 0 Å². The van der Waals surface area contributed by atoms with E-state index >= 15 is 0 Å². The van der Waals surface area contributed by atoms with Gasteiger partial charge in [0.25, 0.3) is 0 Å². The Hall–Kier alpha value is -2.85. The fraction of sp³-hybridized carbons (Fsp3) is 0.292. The van der Waals surface area contributed by atoms with Gasteiger partial charge in [0.05, 0.1) is 7.11 Å². The molecule has 0 saturated carbocycles. The molecule has 3 aromatic rings. The van der Waals surface area contributed by atoms with Gasteiger partial charge in [-0.15, -0.1) is 0 Å². The van der Waals surface area contributed by atoms with Crippen molar-refractivity contribution in [1.82, 2.24) is 4.90 Å². The van der Waals surface area contributed by atoms with Gasteiger partial charge in [0, 0.05) is 31.7 Å². The van der Waals surface area contributed by atoms with Gasteiger partial charge in [-0.05, 0) is 59.6 Å². The number of carbonyl (C=O) groups excluding carboxylic acids is 1. The van der Waals surface area contributed by atoms with Crippen molar-refractivity contribution >= 4 is 22.4 Å². The molecule has 0 unspecified atom stereocenters. The average molecular weight is 374 g/mol. The van der Waals surface area contributed by atoms with Gasteiger partial charge in [0.2, 0.25) is 5.91 Å². The van der Waals surface area contributed by atoms with E-state index in [0.29, 0.717) is 6.42 Å². The van der Waals surface area contributed by atoms with E-state index < -0.39 is 0 Å². The van der Waals surface area contributed by atoms with Crippen molar-refractivity contribution in [2.75, 3.05) is 32.1 Å².